The number of halogens is 1. The zero-order chi connectivity index (χ0) is 23.7. The molecule has 0 saturated carbocycles. The van der Waals surface area contributed by atoms with E-state index in [1.54, 1.807) is 4.31 Å². The molecule has 0 amide bonds. The molecule has 0 spiro atoms. The van der Waals surface area contributed by atoms with Gasteiger partial charge in [0, 0.05) is 24.7 Å². The SMILES string of the molecule is CS(=O)(=O)N1[C@@H]2CCC[C@H]1CC(NCCOc1ccc(Oc3nc4cccc(Cl)c4s3)cc1)C2. The number of sulfonamides is 1. The number of aromatic nitrogens is 1. The van der Waals surface area contributed by atoms with Crippen LogP contribution in [0.1, 0.15) is 32.1 Å². The second-order valence-corrected chi connectivity index (χ2v) is 12.2. The van der Waals surface area contributed by atoms with Gasteiger partial charge in [-0.05, 0) is 62.1 Å². The largest absolute Gasteiger partial charge is 0.492 e. The number of hydrogen-bond acceptors (Lipinski definition) is 7. The summed E-state index contributed by atoms with van der Waals surface area (Å²) in [6, 6.07) is 13.7. The highest BCUT2D eigenvalue weighted by molar-refractivity contribution is 7.88. The van der Waals surface area contributed by atoms with E-state index < -0.39 is 10.0 Å². The molecule has 2 aromatic carbocycles. The number of piperidine rings is 2. The minimum atomic E-state index is -3.14. The van der Waals surface area contributed by atoms with Gasteiger partial charge in [-0.2, -0.15) is 4.31 Å². The van der Waals surface area contributed by atoms with E-state index in [1.165, 1.54) is 17.6 Å². The van der Waals surface area contributed by atoms with E-state index in [9.17, 15) is 8.42 Å². The average Bonchev–Trinajstić information content (AvgIpc) is 3.20. The summed E-state index contributed by atoms with van der Waals surface area (Å²) < 4.78 is 38.8. The first-order chi connectivity index (χ1) is 16.4. The summed E-state index contributed by atoms with van der Waals surface area (Å²) >= 11 is 7.64. The van der Waals surface area contributed by atoms with Crippen molar-refractivity contribution in [3.63, 3.8) is 0 Å². The lowest BCUT2D eigenvalue weighted by molar-refractivity contribution is 0.0991. The van der Waals surface area contributed by atoms with Crippen molar-refractivity contribution in [3.8, 4) is 16.7 Å². The molecular formula is C24H28ClN3O4S2. The molecule has 7 nitrogen and oxygen atoms in total. The third-order valence-electron chi connectivity index (χ3n) is 6.47. The maximum absolute atomic E-state index is 12.2. The molecule has 0 radical (unpaired) electrons. The van der Waals surface area contributed by atoms with E-state index >= 15 is 0 Å². The van der Waals surface area contributed by atoms with Crippen LogP contribution in [0.15, 0.2) is 42.5 Å². The Bertz CT molecular complexity index is 1230. The lowest BCUT2D eigenvalue weighted by atomic mass is 9.84. The number of hydrogen-bond donors (Lipinski definition) is 1. The number of thiazole rings is 1. The van der Waals surface area contributed by atoms with Crippen molar-refractivity contribution in [1.29, 1.82) is 0 Å². The number of rotatable bonds is 8. The van der Waals surface area contributed by atoms with Crippen molar-refractivity contribution in [2.45, 2.75) is 50.2 Å². The van der Waals surface area contributed by atoms with E-state index in [2.05, 4.69) is 10.3 Å². The summed E-state index contributed by atoms with van der Waals surface area (Å²) in [6.07, 6.45) is 6.10. The van der Waals surface area contributed by atoms with Crippen LogP contribution in [0.2, 0.25) is 5.02 Å². The lowest BCUT2D eigenvalue weighted by Crippen LogP contribution is -2.58. The van der Waals surface area contributed by atoms with Gasteiger partial charge in [-0.15, -0.1) is 0 Å². The summed E-state index contributed by atoms with van der Waals surface area (Å²) in [5, 5.41) is 4.79. The molecule has 182 valence electrons. The molecule has 10 heteroatoms. The van der Waals surface area contributed by atoms with Crippen LogP contribution in [-0.2, 0) is 10.0 Å². The van der Waals surface area contributed by atoms with Crippen molar-refractivity contribution in [1.82, 2.24) is 14.6 Å². The van der Waals surface area contributed by atoms with Crippen LogP contribution in [0, 0.1) is 0 Å². The molecule has 2 fully saturated rings. The van der Waals surface area contributed by atoms with Crippen molar-refractivity contribution in [3.05, 3.63) is 47.5 Å². The number of fused-ring (bicyclic) bond motifs is 3. The van der Waals surface area contributed by atoms with Crippen LogP contribution < -0.4 is 14.8 Å². The third-order valence-corrected chi connectivity index (χ3v) is 9.24. The molecule has 34 heavy (non-hydrogen) atoms. The maximum Gasteiger partial charge on any atom is 0.279 e. The molecule has 2 bridgehead atoms. The highest BCUT2D eigenvalue weighted by Crippen LogP contribution is 2.37. The highest BCUT2D eigenvalue weighted by atomic mass is 35.5. The zero-order valence-corrected chi connectivity index (χ0v) is 21.3. The van der Waals surface area contributed by atoms with Crippen molar-refractivity contribution < 1.29 is 17.9 Å². The van der Waals surface area contributed by atoms with E-state index in [0.717, 1.165) is 48.1 Å². The Labute approximate surface area is 209 Å². The van der Waals surface area contributed by atoms with Crippen molar-refractivity contribution in [2.24, 2.45) is 0 Å². The minimum Gasteiger partial charge on any atom is -0.492 e. The fourth-order valence-corrected chi connectivity index (χ4v) is 7.71. The van der Waals surface area contributed by atoms with Gasteiger partial charge >= 0.3 is 0 Å². The number of nitrogens with one attached hydrogen (secondary N) is 1. The Kier molecular flexibility index (Phi) is 7.00. The topological polar surface area (TPSA) is 80.8 Å². The zero-order valence-electron chi connectivity index (χ0n) is 18.9. The lowest BCUT2D eigenvalue weighted by Gasteiger charge is -2.47. The minimum absolute atomic E-state index is 0.125. The number of benzene rings is 2. The van der Waals surface area contributed by atoms with Gasteiger partial charge in [0.15, 0.2) is 0 Å². The summed E-state index contributed by atoms with van der Waals surface area (Å²) in [6.45, 7) is 1.26. The van der Waals surface area contributed by atoms with Gasteiger partial charge in [0.05, 0.1) is 21.5 Å². The van der Waals surface area contributed by atoms with Crippen molar-refractivity contribution in [2.75, 3.05) is 19.4 Å². The van der Waals surface area contributed by atoms with Crippen LogP contribution in [0.4, 0.5) is 0 Å². The second-order valence-electron chi connectivity index (χ2n) is 8.94. The van der Waals surface area contributed by atoms with Gasteiger partial charge in [0.2, 0.25) is 10.0 Å². The highest BCUT2D eigenvalue weighted by Gasteiger charge is 2.42. The number of nitrogens with zero attached hydrogens (tertiary/aromatic N) is 2. The van der Waals surface area contributed by atoms with Gasteiger partial charge in [-0.25, -0.2) is 13.4 Å². The number of ether oxygens (including phenoxy) is 2. The van der Waals surface area contributed by atoms with E-state index in [0.29, 0.717) is 35.2 Å². The molecule has 3 heterocycles. The molecule has 0 aliphatic carbocycles. The van der Waals surface area contributed by atoms with Gasteiger partial charge in [0.1, 0.15) is 18.1 Å². The molecule has 1 N–H and O–H groups in total. The van der Waals surface area contributed by atoms with Gasteiger partial charge < -0.3 is 14.8 Å². The van der Waals surface area contributed by atoms with E-state index in [4.69, 9.17) is 21.1 Å². The Morgan fingerprint density at radius 2 is 1.82 bits per heavy atom. The molecule has 1 aromatic heterocycles. The quantitative estimate of drug-likeness (QED) is 0.417. The first kappa shape index (κ1) is 23.8. The van der Waals surface area contributed by atoms with Crippen LogP contribution in [0.5, 0.6) is 16.7 Å². The van der Waals surface area contributed by atoms with Gasteiger partial charge in [-0.3, -0.25) is 0 Å². The van der Waals surface area contributed by atoms with E-state index in [1.807, 2.05) is 42.5 Å². The monoisotopic (exact) mass is 521 g/mol. The Balaban J connectivity index is 1.09. The standard InChI is InChI=1S/C24H28ClN3O4S2/c1-34(29,30)28-17-4-2-5-18(28)15-16(14-17)26-12-13-31-19-8-10-20(11-9-19)32-24-27-22-7-3-6-21(25)23(22)33-24/h3,6-11,16-18,26H,2,4-5,12-15H2,1H3/t16?,17-,18+. The molecule has 3 atom stereocenters. The average molecular weight is 522 g/mol. The molecule has 3 aromatic rings. The van der Waals surface area contributed by atoms with Crippen LogP contribution >= 0.6 is 22.9 Å². The van der Waals surface area contributed by atoms with Gasteiger partial charge in [-0.1, -0.05) is 35.4 Å². The second kappa shape index (κ2) is 9.99. The van der Waals surface area contributed by atoms with E-state index in [-0.39, 0.29) is 12.1 Å². The van der Waals surface area contributed by atoms with Crippen molar-refractivity contribution >= 4 is 43.2 Å². The maximum atomic E-state index is 12.2. The summed E-state index contributed by atoms with van der Waals surface area (Å²) in [4.78, 5) is 4.47. The molecule has 2 saturated heterocycles. The Morgan fingerprint density at radius 1 is 1.12 bits per heavy atom. The van der Waals surface area contributed by atoms with Gasteiger partial charge in [0.25, 0.3) is 5.19 Å². The first-order valence-corrected chi connectivity index (χ1v) is 14.6. The summed E-state index contributed by atoms with van der Waals surface area (Å²) in [5.74, 6) is 1.45. The Hall–Kier alpha value is -1.91. The fourth-order valence-electron chi connectivity index (χ4n) is 5.12. The fraction of sp³-hybridized carbons (Fsp3) is 0.458. The third kappa shape index (κ3) is 5.33. The normalized spacial score (nSPS) is 23.2. The Morgan fingerprint density at radius 3 is 2.50 bits per heavy atom. The van der Waals surface area contributed by atoms with Crippen LogP contribution in [0.25, 0.3) is 10.2 Å². The first-order valence-electron chi connectivity index (χ1n) is 11.5. The smallest absolute Gasteiger partial charge is 0.279 e. The van der Waals surface area contributed by atoms with Crippen LogP contribution in [-0.4, -0.2) is 55.2 Å². The molecular weight excluding hydrogens is 494 g/mol. The molecule has 5 rings (SSSR count). The molecule has 2 aliphatic heterocycles. The molecule has 1 unspecified atom stereocenters. The summed E-state index contributed by atoms with van der Waals surface area (Å²) in [7, 11) is -3.14. The summed E-state index contributed by atoms with van der Waals surface area (Å²) in [5.41, 5.74) is 0.825. The predicted molar refractivity (Wildman–Crippen MR) is 136 cm³/mol. The van der Waals surface area contributed by atoms with Crippen LogP contribution in [0.3, 0.4) is 0 Å². The molecule has 2 aliphatic rings. The predicted octanol–water partition coefficient (Wildman–Crippen LogP) is 5.06.